The Labute approximate surface area is 63.2 Å². The number of hydrogen-bond acceptors (Lipinski definition) is 4. The molecule has 11 heavy (non-hydrogen) atoms. The Morgan fingerprint density at radius 3 is 3.27 bits per heavy atom. The summed E-state index contributed by atoms with van der Waals surface area (Å²) in [6.07, 6.45) is 2.77. The first kappa shape index (κ1) is 7.46. The smallest absolute Gasteiger partial charge is 0.271 e. The Kier molecular flexibility index (Phi) is 2.37. The van der Waals surface area contributed by atoms with Gasteiger partial charge in [-0.05, 0) is 0 Å². The molecule has 1 rings (SSSR count). The van der Waals surface area contributed by atoms with Gasteiger partial charge in [0.05, 0.1) is 0 Å². The highest BCUT2D eigenvalue weighted by molar-refractivity contribution is 5.21. The summed E-state index contributed by atoms with van der Waals surface area (Å²) in [5.41, 5.74) is -0.272. The van der Waals surface area contributed by atoms with Gasteiger partial charge in [-0.1, -0.05) is 6.08 Å². The van der Waals surface area contributed by atoms with Gasteiger partial charge < -0.3 is 5.32 Å². The molecule has 5 nitrogen and oxygen atoms in total. The van der Waals surface area contributed by atoms with Gasteiger partial charge >= 0.3 is 0 Å². The summed E-state index contributed by atoms with van der Waals surface area (Å²) < 4.78 is 0. The van der Waals surface area contributed by atoms with Gasteiger partial charge in [0.2, 0.25) is 5.95 Å². The molecule has 0 aliphatic heterocycles. The Hall–Kier alpha value is -1.65. The van der Waals surface area contributed by atoms with Crippen molar-refractivity contribution in [2.45, 2.75) is 0 Å². The normalized spacial score (nSPS) is 9.09. The van der Waals surface area contributed by atoms with E-state index >= 15 is 0 Å². The summed E-state index contributed by atoms with van der Waals surface area (Å²) in [6, 6.07) is 0. The van der Waals surface area contributed by atoms with E-state index in [9.17, 15) is 4.79 Å². The Morgan fingerprint density at radius 1 is 1.82 bits per heavy atom. The highest BCUT2D eigenvalue weighted by Gasteiger charge is 1.90. The minimum atomic E-state index is -0.272. The molecule has 0 amide bonds. The number of aromatic nitrogens is 3. The van der Waals surface area contributed by atoms with Gasteiger partial charge in [-0.25, -0.2) is 0 Å². The van der Waals surface area contributed by atoms with E-state index < -0.39 is 0 Å². The maximum absolute atomic E-state index is 10.6. The quantitative estimate of drug-likeness (QED) is 0.586. The first-order valence-corrected chi connectivity index (χ1v) is 3.09. The number of nitrogens with zero attached hydrogens (tertiary/aromatic N) is 2. The van der Waals surface area contributed by atoms with Crippen LogP contribution in [0.1, 0.15) is 0 Å². The maximum atomic E-state index is 10.6. The van der Waals surface area contributed by atoms with Gasteiger partial charge in [-0.15, -0.1) is 16.8 Å². The van der Waals surface area contributed by atoms with E-state index in [1.54, 1.807) is 6.08 Å². The molecule has 0 aliphatic carbocycles. The van der Waals surface area contributed by atoms with Gasteiger partial charge in [0, 0.05) is 6.54 Å². The van der Waals surface area contributed by atoms with Crippen molar-refractivity contribution in [3.05, 3.63) is 29.2 Å². The van der Waals surface area contributed by atoms with E-state index in [1.807, 2.05) is 0 Å². The molecule has 0 aliphatic rings. The molecule has 0 aromatic carbocycles. The number of anilines is 1. The lowest BCUT2D eigenvalue weighted by molar-refractivity contribution is 0.940. The number of hydrogen-bond donors (Lipinski definition) is 2. The highest BCUT2D eigenvalue weighted by atomic mass is 16.1. The molecular weight excluding hydrogens is 144 g/mol. The van der Waals surface area contributed by atoms with E-state index in [2.05, 4.69) is 27.1 Å². The van der Waals surface area contributed by atoms with Crippen LogP contribution in [-0.2, 0) is 0 Å². The molecule has 0 atom stereocenters. The summed E-state index contributed by atoms with van der Waals surface area (Å²) >= 11 is 0. The largest absolute Gasteiger partial charge is 0.351 e. The average Bonchev–Trinajstić information content (AvgIpc) is 2.01. The zero-order valence-electron chi connectivity index (χ0n) is 5.87. The number of nitrogens with one attached hydrogen (secondary N) is 2. The minimum absolute atomic E-state index is 0.272. The molecule has 58 valence electrons. The standard InChI is InChI=1S/C6H8N4O/c1-2-3-7-6-9-5(11)4-8-10-6/h2,4H,1,3H2,(H2,7,9,10,11). The van der Waals surface area contributed by atoms with Crippen molar-refractivity contribution >= 4 is 5.95 Å². The number of H-pyrrole nitrogens is 1. The molecule has 0 radical (unpaired) electrons. The number of rotatable bonds is 3. The van der Waals surface area contributed by atoms with Gasteiger partial charge in [-0.3, -0.25) is 9.78 Å². The lowest BCUT2D eigenvalue weighted by Gasteiger charge is -1.97. The van der Waals surface area contributed by atoms with Crippen LogP contribution in [0.25, 0.3) is 0 Å². The lowest BCUT2D eigenvalue weighted by atomic mass is 10.6. The van der Waals surface area contributed by atoms with Crippen molar-refractivity contribution in [3.63, 3.8) is 0 Å². The second kappa shape index (κ2) is 3.50. The Bertz CT molecular complexity index is 293. The molecule has 1 heterocycles. The average molecular weight is 152 g/mol. The van der Waals surface area contributed by atoms with Crippen LogP contribution in [0.3, 0.4) is 0 Å². The van der Waals surface area contributed by atoms with Gasteiger partial charge in [-0.2, -0.15) is 0 Å². The van der Waals surface area contributed by atoms with Crippen molar-refractivity contribution < 1.29 is 0 Å². The fourth-order valence-corrected chi connectivity index (χ4v) is 0.561. The van der Waals surface area contributed by atoms with Crippen LogP contribution >= 0.6 is 0 Å². The second-order valence-electron chi connectivity index (χ2n) is 1.85. The van der Waals surface area contributed by atoms with Crippen LogP contribution < -0.4 is 10.9 Å². The summed E-state index contributed by atoms with van der Waals surface area (Å²) in [5.74, 6) is 0.359. The molecular formula is C6H8N4O. The fourth-order valence-electron chi connectivity index (χ4n) is 0.561. The Balaban J connectivity index is 2.71. The predicted octanol–water partition coefficient (Wildman–Crippen LogP) is -0.237. The molecule has 5 heteroatoms. The highest BCUT2D eigenvalue weighted by Crippen LogP contribution is 1.86. The van der Waals surface area contributed by atoms with Crippen LogP contribution in [0.5, 0.6) is 0 Å². The molecule has 1 aromatic heterocycles. The van der Waals surface area contributed by atoms with E-state index in [-0.39, 0.29) is 5.56 Å². The zero-order chi connectivity index (χ0) is 8.10. The van der Waals surface area contributed by atoms with Crippen molar-refractivity contribution in [1.29, 1.82) is 0 Å². The van der Waals surface area contributed by atoms with Gasteiger partial charge in [0.1, 0.15) is 6.20 Å². The minimum Gasteiger partial charge on any atom is -0.351 e. The van der Waals surface area contributed by atoms with Crippen LogP contribution in [0.2, 0.25) is 0 Å². The van der Waals surface area contributed by atoms with Crippen molar-refractivity contribution in [1.82, 2.24) is 15.2 Å². The molecule has 0 fully saturated rings. The zero-order valence-corrected chi connectivity index (χ0v) is 5.87. The van der Waals surface area contributed by atoms with Crippen LogP contribution in [-0.4, -0.2) is 21.7 Å². The second-order valence-corrected chi connectivity index (χ2v) is 1.85. The third-order valence-electron chi connectivity index (χ3n) is 0.988. The molecule has 1 aromatic rings. The molecule has 0 bridgehead atoms. The van der Waals surface area contributed by atoms with Gasteiger partial charge in [0.15, 0.2) is 0 Å². The lowest BCUT2D eigenvalue weighted by Crippen LogP contribution is -2.12. The van der Waals surface area contributed by atoms with Crippen LogP contribution in [0.4, 0.5) is 5.95 Å². The third kappa shape index (κ3) is 2.21. The molecule has 0 saturated heterocycles. The van der Waals surface area contributed by atoms with Gasteiger partial charge in [0.25, 0.3) is 5.56 Å². The first-order valence-electron chi connectivity index (χ1n) is 3.09. The SMILES string of the molecule is C=CCNc1nncc(=O)[nH]1. The van der Waals surface area contributed by atoms with E-state index in [0.717, 1.165) is 6.20 Å². The molecule has 0 saturated carbocycles. The van der Waals surface area contributed by atoms with E-state index in [0.29, 0.717) is 12.5 Å². The monoisotopic (exact) mass is 152 g/mol. The van der Waals surface area contributed by atoms with Crippen LogP contribution in [0.15, 0.2) is 23.6 Å². The summed E-state index contributed by atoms with van der Waals surface area (Å²) in [7, 11) is 0. The first-order chi connectivity index (χ1) is 5.33. The van der Waals surface area contributed by atoms with Crippen LogP contribution in [0, 0.1) is 0 Å². The molecule has 2 N–H and O–H groups in total. The topological polar surface area (TPSA) is 70.7 Å². The predicted molar refractivity (Wildman–Crippen MR) is 41.3 cm³/mol. The summed E-state index contributed by atoms with van der Waals surface area (Å²) in [4.78, 5) is 13.1. The summed E-state index contributed by atoms with van der Waals surface area (Å²) in [6.45, 7) is 4.05. The van der Waals surface area contributed by atoms with E-state index in [4.69, 9.17) is 0 Å². The third-order valence-corrected chi connectivity index (χ3v) is 0.988. The molecule has 0 spiro atoms. The molecule has 0 unspecified atom stereocenters. The van der Waals surface area contributed by atoms with E-state index in [1.165, 1.54) is 0 Å². The number of aromatic amines is 1. The van der Waals surface area contributed by atoms with Crippen molar-refractivity contribution in [2.75, 3.05) is 11.9 Å². The fraction of sp³-hybridized carbons (Fsp3) is 0.167. The van der Waals surface area contributed by atoms with Crippen molar-refractivity contribution in [2.24, 2.45) is 0 Å². The summed E-state index contributed by atoms with van der Waals surface area (Å²) in [5, 5.41) is 9.85. The Morgan fingerprint density at radius 2 is 2.64 bits per heavy atom. The van der Waals surface area contributed by atoms with Crippen molar-refractivity contribution in [3.8, 4) is 0 Å². The maximum Gasteiger partial charge on any atom is 0.271 e.